The van der Waals surface area contributed by atoms with E-state index in [0.717, 1.165) is 5.92 Å². The van der Waals surface area contributed by atoms with Gasteiger partial charge in [0.25, 0.3) is 0 Å². The Labute approximate surface area is 87.1 Å². The zero-order chi connectivity index (χ0) is 10.6. The third-order valence-corrected chi connectivity index (χ3v) is 3.06. The molecular weight excluding hydrogens is 170 g/mol. The Hall–Kier alpha value is -1.03. The summed E-state index contributed by atoms with van der Waals surface area (Å²) in [5.41, 5.74) is 2.99. The van der Waals surface area contributed by atoms with E-state index in [1.807, 2.05) is 0 Å². The molecule has 2 atom stereocenters. The van der Waals surface area contributed by atoms with Gasteiger partial charge < -0.3 is 0 Å². The number of nitrogens with zero attached hydrogens (tertiary/aromatic N) is 1. The van der Waals surface area contributed by atoms with Crippen LogP contribution in [0.2, 0.25) is 0 Å². The first-order valence-corrected chi connectivity index (χ1v) is 5.37. The van der Waals surface area contributed by atoms with E-state index in [-0.39, 0.29) is 0 Å². The molecule has 0 radical (unpaired) electrons. The van der Waals surface area contributed by atoms with E-state index in [9.17, 15) is 0 Å². The smallest absolute Gasteiger partial charge is 0.0908 e. The molecule has 1 aliphatic rings. The fourth-order valence-corrected chi connectivity index (χ4v) is 2.26. The highest BCUT2D eigenvalue weighted by atomic mass is 14.3. The van der Waals surface area contributed by atoms with E-state index < -0.39 is 0 Å². The van der Waals surface area contributed by atoms with Crippen LogP contribution < -0.4 is 0 Å². The second-order valence-electron chi connectivity index (χ2n) is 4.50. The van der Waals surface area contributed by atoms with Gasteiger partial charge in [-0.25, -0.2) is 0 Å². The lowest BCUT2D eigenvalue weighted by molar-refractivity contribution is 0.390. The van der Waals surface area contributed by atoms with Crippen LogP contribution in [0, 0.1) is 23.2 Å². The van der Waals surface area contributed by atoms with Crippen molar-refractivity contribution in [1.29, 1.82) is 5.26 Å². The Kier molecular flexibility index (Phi) is 3.95. The van der Waals surface area contributed by atoms with Gasteiger partial charge in [-0.15, -0.1) is 0 Å². The fourth-order valence-electron chi connectivity index (χ4n) is 2.26. The van der Waals surface area contributed by atoms with Crippen molar-refractivity contribution in [2.24, 2.45) is 11.8 Å². The number of hydrogen-bond donors (Lipinski definition) is 0. The highest BCUT2D eigenvalue weighted by Crippen LogP contribution is 2.35. The highest BCUT2D eigenvalue weighted by Gasteiger charge is 2.21. The molecule has 1 rings (SSSR count). The molecule has 0 amide bonds. The average Bonchev–Trinajstić information content (AvgIpc) is 2.14. The van der Waals surface area contributed by atoms with Gasteiger partial charge in [0.05, 0.1) is 6.07 Å². The zero-order valence-corrected chi connectivity index (χ0v) is 9.38. The molecule has 0 aromatic heterocycles. The van der Waals surface area contributed by atoms with Crippen molar-refractivity contribution in [1.82, 2.24) is 0 Å². The maximum absolute atomic E-state index is 8.53. The van der Waals surface area contributed by atoms with Crippen LogP contribution in [0.1, 0.15) is 40.0 Å². The van der Waals surface area contributed by atoms with Crippen LogP contribution in [0.4, 0.5) is 0 Å². The first-order valence-electron chi connectivity index (χ1n) is 5.37. The number of allylic oxidation sites excluding steroid dienone is 4. The Balaban J connectivity index is 2.81. The van der Waals surface area contributed by atoms with Gasteiger partial charge in [-0.05, 0) is 44.9 Å². The van der Waals surface area contributed by atoms with Crippen LogP contribution in [0.5, 0.6) is 0 Å². The summed E-state index contributed by atoms with van der Waals surface area (Å²) in [5, 5.41) is 8.53. The van der Waals surface area contributed by atoms with Crippen molar-refractivity contribution >= 4 is 0 Å². The minimum atomic E-state index is 0.517. The van der Waals surface area contributed by atoms with Crippen molar-refractivity contribution in [2.45, 2.75) is 40.0 Å². The molecule has 0 spiro atoms. The molecule has 0 aromatic rings. The molecule has 1 saturated carbocycles. The SMILES string of the molecule is CC(C)=C1CC[C@@H](C)CC1/C=C/C#N. The summed E-state index contributed by atoms with van der Waals surface area (Å²) in [6.45, 7) is 6.66. The van der Waals surface area contributed by atoms with Crippen molar-refractivity contribution in [3.8, 4) is 6.07 Å². The molecule has 1 heteroatoms. The van der Waals surface area contributed by atoms with Crippen LogP contribution in [0.15, 0.2) is 23.3 Å². The molecule has 1 fully saturated rings. The molecule has 0 saturated heterocycles. The standard InChI is InChI=1S/C13H19N/c1-10(2)13-7-6-11(3)9-12(13)5-4-8-14/h4-5,11-12H,6-7,9H2,1-3H3/b5-4+/t11-,12?/m1/s1. The molecule has 76 valence electrons. The molecule has 0 aromatic carbocycles. The van der Waals surface area contributed by atoms with E-state index in [1.165, 1.54) is 24.8 Å². The molecule has 14 heavy (non-hydrogen) atoms. The van der Waals surface area contributed by atoms with Crippen molar-refractivity contribution in [3.63, 3.8) is 0 Å². The van der Waals surface area contributed by atoms with Crippen molar-refractivity contribution < 1.29 is 0 Å². The monoisotopic (exact) mass is 189 g/mol. The Morgan fingerprint density at radius 1 is 1.50 bits per heavy atom. The molecule has 1 nitrogen and oxygen atoms in total. The maximum atomic E-state index is 8.53. The fraction of sp³-hybridized carbons (Fsp3) is 0.615. The lowest BCUT2D eigenvalue weighted by atomic mass is 9.77. The zero-order valence-electron chi connectivity index (χ0n) is 9.38. The minimum Gasteiger partial charge on any atom is -0.193 e. The first kappa shape index (κ1) is 11.0. The van der Waals surface area contributed by atoms with Gasteiger partial charge in [0.2, 0.25) is 0 Å². The van der Waals surface area contributed by atoms with E-state index in [4.69, 9.17) is 5.26 Å². The van der Waals surface area contributed by atoms with Gasteiger partial charge in [0.1, 0.15) is 0 Å². The second-order valence-corrected chi connectivity index (χ2v) is 4.50. The molecule has 0 bridgehead atoms. The first-order chi connectivity index (χ1) is 6.65. The normalized spacial score (nSPS) is 27.7. The molecule has 0 N–H and O–H groups in total. The summed E-state index contributed by atoms with van der Waals surface area (Å²) >= 11 is 0. The van der Waals surface area contributed by atoms with Crippen LogP contribution in [0.3, 0.4) is 0 Å². The predicted molar refractivity (Wildman–Crippen MR) is 59.6 cm³/mol. The number of rotatable bonds is 1. The van der Waals surface area contributed by atoms with Crippen molar-refractivity contribution in [3.05, 3.63) is 23.3 Å². The van der Waals surface area contributed by atoms with Crippen LogP contribution in [0.25, 0.3) is 0 Å². The van der Waals surface area contributed by atoms with E-state index in [0.29, 0.717) is 5.92 Å². The molecular formula is C13H19N. The average molecular weight is 189 g/mol. The molecule has 0 heterocycles. The third-order valence-electron chi connectivity index (χ3n) is 3.06. The van der Waals surface area contributed by atoms with E-state index in [1.54, 1.807) is 11.6 Å². The third kappa shape index (κ3) is 2.73. The number of nitriles is 1. The van der Waals surface area contributed by atoms with Gasteiger partial charge in [0, 0.05) is 6.08 Å². The summed E-state index contributed by atoms with van der Waals surface area (Å²) in [7, 11) is 0. The highest BCUT2D eigenvalue weighted by molar-refractivity contribution is 5.22. The largest absolute Gasteiger partial charge is 0.193 e. The summed E-state index contributed by atoms with van der Waals surface area (Å²) in [4.78, 5) is 0. The second kappa shape index (κ2) is 5.00. The van der Waals surface area contributed by atoms with E-state index in [2.05, 4.69) is 32.9 Å². The van der Waals surface area contributed by atoms with Gasteiger partial charge in [0.15, 0.2) is 0 Å². The quantitative estimate of drug-likeness (QED) is 0.454. The summed E-state index contributed by atoms with van der Waals surface area (Å²) in [5.74, 6) is 1.31. The van der Waals surface area contributed by atoms with Crippen molar-refractivity contribution in [2.75, 3.05) is 0 Å². The Morgan fingerprint density at radius 2 is 2.21 bits per heavy atom. The summed E-state index contributed by atoms with van der Waals surface area (Å²) in [6, 6.07) is 2.09. The van der Waals surface area contributed by atoms with Gasteiger partial charge in [-0.1, -0.05) is 24.1 Å². The lowest BCUT2D eigenvalue weighted by Crippen LogP contribution is -2.15. The molecule has 1 aliphatic carbocycles. The Morgan fingerprint density at radius 3 is 2.79 bits per heavy atom. The van der Waals surface area contributed by atoms with Gasteiger partial charge in [-0.3, -0.25) is 0 Å². The van der Waals surface area contributed by atoms with Gasteiger partial charge >= 0.3 is 0 Å². The van der Waals surface area contributed by atoms with Crippen LogP contribution in [-0.2, 0) is 0 Å². The molecule has 1 unspecified atom stereocenters. The predicted octanol–water partition coefficient (Wildman–Crippen LogP) is 3.84. The lowest BCUT2D eigenvalue weighted by Gasteiger charge is -2.28. The topological polar surface area (TPSA) is 23.8 Å². The minimum absolute atomic E-state index is 0.517. The van der Waals surface area contributed by atoms with Crippen LogP contribution in [-0.4, -0.2) is 0 Å². The van der Waals surface area contributed by atoms with E-state index >= 15 is 0 Å². The summed E-state index contributed by atoms with van der Waals surface area (Å²) in [6.07, 6.45) is 7.42. The van der Waals surface area contributed by atoms with Gasteiger partial charge in [-0.2, -0.15) is 5.26 Å². The summed E-state index contributed by atoms with van der Waals surface area (Å²) < 4.78 is 0. The maximum Gasteiger partial charge on any atom is 0.0908 e. The Bertz CT molecular complexity index is 287. The number of hydrogen-bond acceptors (Lipinski definition) is 1. The van der Waals surface area contributed by atoms with Crippen LogP contribution >= 0.6 is 0 Å². The molecule has 0 aliphatic heterocycles.